The SMILES string of the molecule is CC/C=C\C/C=C\CC(O)/C=C/C=C\C/C=C\CCCC(=O)O[C@H](COC(=O)CCC/C=C\C/C=C\C/C=C\C/C=C\CCCCC)COP(=O)(O)O. The topological polar surface area (TPSA) is 140 Å². The van der Waals surface area contributed by atoms with Crippen LogP contribution in [-0.4, -0.2) is 52.3 Å². The Bertz CT molecular complexity index is 1230. The van der Waals surface area contributed by atoms with Gasteiger partial charge in [-0.1, -0.05) is 136 Å². The van der Waals surface area contributed by atoms with Crippen molar-refractivity contribution in [1.29, 1.82) is 0 Å². The van der Waals surface area contributed by atoms with Gasteiger partial charge in [0.15, 0.2) is 6.10 Å². The quantitative estimate of drug-likeness (QED) is 0.0196. The van der Waals surface area contributed by atoms with Crippen molar-refractivity contribution in [3.8, 4) is 0 Å². The van der Waals surface area contributed by atoms with Crippen LogP contribution < -0.4 is 0 Å². The van der Waals surface area contributed by atoms with E-state index in [-0.39, 0.29) is 19.4 Å². The Kier molecular flexibility index (Phi) is 34.7. The van der Waals surface area contributed by atoms with Crippen molar-refractivity contribution in [2.45, 2.75) is 135 Å². The summed E-state index contributed by atoms with van der Waals surface area (Å²) < 4.78 is 26.2. The van der Waals surface area contributed by atoms with Crippen molar-refractivity contribution < 1.29 is 43.0 Å². The Morgan fingerprint density at radius 3 is 1.68 bits per heavy atom. The summed E-state index contributed by atoms with van der Waals surface area (Å²) in [5, 5.41) is 9.97. The maximum Gasteiger partial charge on any atom is 0.469 e. The lowest BCUT2D eigenvalue weighted by atomic mass is 10.2. The van der Waals surface area contributed by atoms with Crippen molar-refractivity contribution in [2.75, 3.05) is 13.2 Å². The average Bonchev–Trinajstić information content (AvgIpc) is 3.12. The molecule has 9 nitrogen and oxygen atoms in total. The first-order valence-electron chi connectivity index (χ1n) is 19.3. The molecule has 0 aliphatic carbocycles. The molecule has 1 unspecified atom stereocenters. The van der Waals surface area contributed by atoms with Crippen LogP contribution in [-0.2, 0) is 28.2 Å². The number of carbonyl (C=O) groups is 2. The smallest absolute Gasteiger partial charge is 0.462 e. The van der Waals surface area contributed by atoms with Gasteiger partial charge >= 0.3 is 19.8 Å². The summed E-state index contributed by atoms with van der Waals surface area (Å²) in [4.78, 5) is 42.7. The van der Waals surface area contributed by atoms with E-state index in [1.807, 2.05) is 54.7 Å². The van der Waals surface area contributed by atoms with Crippen LogP contribution in [0.4, 0.5) is 0 Å². The molecule has 0 bridgehead atoms. The summed E-state index contributed by atoms with van der Waals surface area (Å²) >= 11 is 0. The molecular formula is C43H67O9P. The van der Waals surface area contributed by atoms with Gasteiger partial charge < -0.3 is 24.4 Å². The lowest BCUT2D eigenvalue weighted by molar-refractivity contribution is -0.161. The summed E-state index contributed by atoms with van der Waals surface area (Å²) in [6.07, 6.45) is 48.5. The van der Waals surface area contributed by atoms with Gasteiger partial charge in [0, 0.05) is 12.8 Å². The fraction of sp³-hybridized carbons (Fsp3) is 0.535. The number of esters is 2. The molecule has 0 aliphatic rings. The molecule has 0 radical (unpaired) electrons. The van der Waals surface area contributed by atoms with Crippen molar-refractivity contribution in [2.24, 2.45) is 0 Å². The van der Waals surface area contributed by atoms with Crippen LogP contribution in [0.25, 0.3) is 0 Å². The molecule has 0 aromatic heterocycles. The second-order valence-corrected chi connectivity index (χ2v) is 13.6. The number of unbranched alkanes of at least 4 members (excludes halogenated alkanes) is 5. The Morgan fingerprint density at radius 2 is 1.11 bits per heavy atom. The number of phosphoric acid groups is 1. The van der Waals surface area contributed by atoms with E-state index in [1.165, 1.54) is 19.3 Å². The van der Waals surface area contributed by atoms with Crippen LogP contribution >= 0.6 is 7.82 Å². The van der Waals surface area contributed by atoms with E-state index in [2.05, 4.69) is 67.0 Å². The Labute approximate surface area is 319 Å². The molecule has 0 amide bonds. The normalized spacial score (nSPS) is 14.3. The highest BCUT2D eigenvalue weighted by molar-refractivity contribution is 7.46. The van der Waals surface area contributed by atoms with E-state index >= 15 is 0 Å². The summed E-state index contributed by atoms with van der Waals surface area (Å²) in [6.45, 7) is 3.34. The number of hydrogen-bond acceptors (Lipinski definition) is 7. The van der Waals surface area contributed by atoms with Crippen LogP contribution in [0.1, 0.15) is 123 Å². The zero-order valence-electron chi connectivity index (χ0n) is 32.2. The van der Waals surface area contributed by atoms with Crippen molar-refractivity contribution in [3.05, 3.63) is 109 Å². The first-order chi connectivity index (χ1) is 25.7. The molecule has 53 heavy (non-hydrogen) atoms. The van der Waals surface area contributed by atoms with Crippen LogP contribution in [0.3, 0.4) is 0 Å². The molecule has 0 rings (SSSR count). The fourth-order valence-corrected chi connectivity index (χ4v) is 4.84. The number of ether oxygens (including phenoxy) is 2. The number of aliphatic hydroxyl groups is 1. The van der Waals surface area contributed by atoms with Gasteiger partial charge in [0.2, 0.25) is 0 Å². The zero-order chi connectivity index (χ0) is 39.1. The lowest BCUT2D eigenvalue weighted by Gasteiger charge is -2.18. The maximum atomic E-state index is 12.4. The van der Waals surface area contributed by atoms with E-state index in [4.69, 9.17) is 19.3 Å². The lowest BCUT2D eigenvalue weighted by Crippen LogP contribution is -2.29. The van der Waals surface area contributed by atoms with E-state index in [0.29, 0.717) is 38.5 Å². The molecule has 0 aromatic carbocycles. The molecule has 2 atom stereocenters. The molecule has 0 fully saturated rings. The van der Waals surface area contributed by atoms with Gasteiger partial charge in [0.05, 0.1) is 12.7 Å². The van der Waals surface area contributed by atoms with Gasteiger partial charge in [-0.25, -0.2) is 4.57 Å². The second-order valence-electron chi connectivity index (χ2n) is 12.4. The molecule has 0 saturated heterocycles. The van der Waals surface area contributed by atoms with Gasteiger partial charge in [0.1, 0.15) is 6.61 Å². The van der Waals surface area contributed by atoms with Gasteiger partial charge in [-0.05, 0) is 83.5 Å². The molecular weight excluding hydrogens is 691 g/mol. The minimum atomic E-state index is -4.80. The minimum Gasteiger partial charge on any atom is -0.462 e. The van der Waals surface area contributed by atoms with Gasteiger partial charge in [-0.15, -0.1) is 0 Å². The summed E-state index contributed by atoms with van der Waals surface area (Å²) in [5.74, 6) is -1.07. The number of hydrogen-bond donors (Lipinski definition) is 3. The monoisotopic (exact) mass is 758 g/mol. The molecule has 10 heteroatoms. The van der Waals surface area contributed by atoms with Gasteiger partial charge in [-0.2, -0.15) is 0 Å². The third-order valence-electron chi connectivity index (χ3n) is 7.36. The Balaban J connectivity index is 4.26. The molecule has 0 aliphatic heterocycles. The maximum absolute atomic E-state index is 12.4. The highest BCUT2D eigenvalue weighted by atomic mass is 31.2. The highest BCUT2D eigenvalue weighted by Crippen LogP contribution is 2.35. The Morgan fingerprint density at radius 1 is 0.604 bits per heavy atom. The van der Waals surface area contributed by atoms with Gasteiger partial charge in [0.25, 0.3) is 0 Å². The van der Waals surface area contributed by atoms with Crippen LogP contribution in [0.2, 0.25) is 0 Å². The molecule has 0 aromatic rings. The summed E-state index contributed by atoms with van der Waals surface area (Å²) in [7, 11) is -4.80. The van der Waals surface area contributed by atoms with E-state index in [0.717, 1.165) is 38.5 Å². The first-order valence-corrected chi connectivity index (χ1v) is 20.8. The first kappa shape index (κ1) is 49.7. The second kappa shape index (κ2) is 37.0. The van der Waals surface area contributed by atoms with Crippen molar-refractivity contribution in [3.63, 3.8) is 0 Å². The summed E-state index contributed by atoms with van der Waals surface area (Å²) in [6, 6.07) is 0. The molecule has 0 heterocycles. The predicted octanol–water partition coefficient (Wildman–Crippen LogP) is 10.6. The number of phosphoric ester groups is 1. The standard InChI is InChI=1S/C43H67O9P/c1-3-5-7-9-11-12-13-14-15-16-17-18-19-20-24-28-32-36-42(45)50-38-41(39-51-53(47,48)49)52-43(46)37-33-29-25-22-21-23-27-31-35-40(44)34-30-26-10-8-6-4-2/h6,8,11-12,14-15,17-18,20,22-27,30-31,35,40-41,44H,3-5,7,9-10,13,16,19,21,28-29,32-34,36-39H2,1-2H3,(H2,47,48,49)/b8-6-,12-11-,15-14-,18-17-,24-20-,25-22-,27-23-,30-26-,35-31+/t40?,41-/m1/s1. The third kappa shape index (κ3) is 39.7. The van der Waals surface area contributed by atoms with Crippen molar-refractivity contribution in [1.82, 2.24) is 0 Å². The Hall–Kier alpha value is -3.33. The fourth-order valence-electron chi connectivity index (χ4n) is 4.48. The molecule has 0 spiro atoms. The number of rotatable bonds is 33. The van der Waals surface area contributed by atoms with Crippen molar-refractivity contribution >= 4 is 19.8 Å². The number of allylic oxidation sites excluding steroid dienone is 16. The molecule has 0 saturated carbocycles. The summed E-state index contributed by atoms with van der Waals surface area (Å²) in [5.41, 5.74) is 0. The highest BCUT2D eigenvalue weighted by Gasteiger charge is 2.22. The third-order valence-corrected chi connectivity index (χ3v) is 7.84. The van der Waals surface area contributed by atoms with Crippen LogP contribution in [0, 0.1) is 0 Å². The molecule has 3 N–H and O–H groups in total. The number of aliphatic hydroxyl groups excluding tert-OH is 1. The van der Waals surface area contributed by atoms with E-state index < -0.39 is 38.6 Å². The van der Waals surface area contributed by atoms with Crippen LogP contribution in [0.15, 0.2) is 109 Å². The zero-order valence-corrected chi connectivity index (χ0v) is 33.1. The van der Waals surface area contributed by atoms with Gasteiger partial charge in [-0.3, -0.25) is 14.1 Å². The minimum absolute atomic E-state index is 0.0829. The predicted molar refractivity (Wildman–Crippen MR) is 217 cm³/mol. The van der Waals surface area contributed by atoms with E-state index in [1.54, 1.807) is 6.08 Å². The largest absolute Gasteiger partial charge is 0.469 e. The van der Waals surface area contributed by atoms with E-state index in [9.17, 15) is 19.3 Å². The number of carbonyl (C=O) groups excluding carboxylic acids is 2. The average molecular weight is 759 g/mol. The van der Waals surface area contributed by atoms with Crippen LogP contribution in [0.5, 0.6) is 0 Å². The molecule has 298 valence electrons.